The van der Waals surface area contributed by atoms with Crippen LogP contribution in [0.3, 0.4) is 0 Å². The van der Waals surface area contributed by atoms with E-state index in [-0.39, 0.29) is 17.4 Å². The second-order valence-electron chi connectivity index (χ2n) is 7.13. The van der Waals surface area contributed by atoms with Gasteiger partial charge in [-0.25, -0.2) is 4.79 Å². The van der Waals surface area contributed by atoms with Crippen molar-refractivity contribution in [2.45, 2.75) is 32.1 Å². The van der Waals surface area contributed by atoms with E-state index < -0.39 is 5.97 Å². The van der Waals surface area contributed by atoms with Crippen LogP contribution < -0.4 is 5.32 Å². The van der Waals surface area contributed by atoms with Gasteiger partial charge in [0, 0.05) is 16.3 Å². The number of carbonyl (C=O) groups is 2. The Kier molecular flexibility index (Phi) is 5.38. The number of aromatic carboxylic acids is 1. The molecule has 6 heteroatoms. The van der Waals surface area contributed by atoms with Crippen molar-refractivity contribution >= 4 is 40.5 Å². The van der Waals surface area contributed by atoms with E-state index in [1.165, 1.54) is 22.5 Å². The fourth-order valence-electron chi connectivity index (χ4n) is 3.89. The summed E-state index contributed by atoms with van der Waals surface area (Å²) in [5, 5.41) is 14.9. The van der Waals surface area contributed by atoms with Crippen LogP contribution in [0.5, 0.6) is 0 Å². The molecular formula is C22H20ClNO3S. The number of thiophene rings is 1. The van der Waals surface area contributed by atoms with E-state index in [1.54, 1.807) is 29.6 Å². The number of amides is 1. The van der Waals surface area contributed by atoms with Gasteiger partial charge in [-0.3, -0.25) is 4.79 Å². The van der Waals surface area contributed by atoms with Gasteiger partial charge < -0.3 is 10.4 Å². The van der Waals surface area contributed by atoms with Crippen LogP contribution in [0.1, 0.15) is 42.5 Å². The zero-order valence-electron chi connectivity index (χ0n) is 15.2. The lowest BCUT2D eigenvalue weighted by Gasteiger charge is -2.27. The third-order valence-electron chi connectivity index (χ3n) is 5.33. The summed E-state index contributed by atoms with van der Waals surface area (Å²) in [5.41, 5.74) is 3.93. The van der Waals surface area contributed by atoms with Crippen molar-refractivity contribution < 1.29 is 14.7 Å². The van der Waals surface area contributed by atoms with Gasteiger partial charge in [-0.15, -0.1) is 11.3 Å². The summed E-state index contributed by atoms with van der Waals surface area (Å²) >= 11 is 7.24. The van der Waals surface area contributed by atoms with Gasteiger partial charge in [0.1, 0.15) is 5.56 Å². The molecule has 2 aliphatic carbocycles. The highest BCUT2D eigenvalue weighted by Crippen LogP contribution is 2.39. The highest BCUT2D eigenvalue weighted by atomic mass is 35.5. The lowest BCUT2D eigenvalue weighted by Crippen LogP contribution is -2.27. The number of benzene rings is 1. The molecular weight excluding hydrogens is 394 g/mol. The molecule has 1 amide bonds. The van der Waals surface area contributed by atoms with E-state index in [2.05, 4.69) is 17.5 Å². The number of hydrogen-bond donors (Lipinski definition) is 2. The van der Waals surface area contributed by atoms with E-state index in [0.717, 1.165) is 37.7 Å². The van der Waals surface area contributed by atoms with Crippen LogP contribution >= 0.6 is 22.9 Å². The number of allylic oxidation sites excluding steroid dienone is 4. The van der Waals surface area contributed by atoms with Gasteiger partial charge in [0.15, 0.2) is 0 Å². The summed E-state index contributed by atoms with van der Waals surface area (Å²) in [7, 11) is 0. The Labute approximate surface area is 172 Å². The van der Waals surface area contributed by atoms with Gasteiger partial charge in [0.2, 0.25) is 5.91 Å². The summed E-state index contributed by atoms with van der Waals surface area (Å²) in [6.45, 7) is 0. The summed E-state index contributed by atoms with van der Waals surface area (Å²) in [5.74, 6) is -1.28. The van der Waals surface area contributed by atoms with E-state index in [9.17, 15) is 14.7 Å². The van der Waals surface area contributed by atoms with Gasteiger partial charge in [0.25, 0.3) is 0 Å². The van der Waals surface area contributed by atoms with Crippen LogP contribution in [0.4, 0.5) is 5.69 Å². The monoisotopic (exact) mass is 413 g/mol. The zero-order chi connectivity index (χ0) is 19.7. The molecule has 4 nitrogen and oxygen atoms in total. The van der Waals surface area contributed by atoms with E-state index in [1.807, 2.05) is 0 Å². The molecule has 0 bridgehead atoms. The van der Waals surface area contributed by atoms with Crippen molar-refractivity contribution in [3.63, 3.8) is 0 Å². The number of fused-ring (bicyclic) bond motifs is 1. The summed E-state index contributed by atoms with van der Waals surface area (Å²) in [4.78, 5) is 25.4. The molecule has 0 spiro atoms. The van der Waals surface area contributed by atoms with Crippen LogP contribution in [0.15, 0.2) is 52.9 Å². The number of carbonyl (C=O) groups excluding carboxylic acids is 1. The van der Waals surface area contributed by atoms with Crippen molar-refractivity contribution in [3.05, 3.63) is 63.5 Å². The molecule has 28 heavy (non-hydrogen) atoms. The molecule has 0 saturated heterocycles. The Morgan fingerprint density at radius 2 is 1.82 bits per heavy atom. The van der Waals surface area contributed by atoms with Gasteiger partial charge in [-0.05, 0) is 60.9 Å². The Bertz CT molecular complexity index is 988. The molecule has 1 unspecified atom stereocenters. The van der Waals surface area contributed by atoms with E-state index in [4.69, 9.17) is 11.6 Å². The molecule has 1 aromatic carbocycles. The maximum absolute atomic E-state index is 12.8. The number of nitrogens with one attached hydrogen (secondary N) is 1. The standard InChI is InChI=1S/C22H20ClNO3S/c23-17-9-7-14(8-10-17)20-19(22(26)27)18(12-28-20)24-21(25)16-6-5-13-3-1-2-4-15(13)11-16/h3-4,7-10,12,16H,1-2,5-6,11H2,(H,24,25)(H,26,27). The quantitative estimate of drug-likeness (QED) is 0.631. The Hall–Kier alpha value is -2.37. The van der Waals surface area contributed by atoms with Crippen LogP contribution in [0, 0.1) is 5.92 Å². The molecule has 2 N–H and O–H groups in total. The third kappa shape index (κ3) is 3.77. The summed E-state index contributed by atoms with van der Waals surface area (Å²) in [6, 6.07) is 7.03. The van der Waals surface area contributed by atoms with Gasteiger partial charge >= 0.3 is 5.97 Å². The summed E-state index contributed by atoms with van der Waals surface area (Å²) in [6.07, 6.45) is 9.07. The average molecular weight is 414 g/mol. The maximum atomic E-state index is 12.8. The minimum Gasteiger partial charge on any atom is -0.478 e. The minimum atomic E-state index is -1.05. The van der Waals surface area contributed by atoms with Crippen molar-refractivity contribution in [1.82, 2.24) is 0 Å². The van der Waals surface area contributed by atoms with Crippen molar-refractivity contribution in [2.24, 2.45) is 5.92 Å². The van der Waals surface area contributed by atoms with Crippen LogP contribution in [0.25, 0.3) is 10.4 Å². The first-order chi connectivity index (χ1) is 13.5. The van der Waals surface area contributed by atoms with Crippen LogP contribution in [-0.2, 0) is 4.79 Å². The fourth-order valence-corrected chi connectivity index (χ4v) is 5.01. The number of rotatable bonds is 4. The SMILES string of the molecule is O=C(O)c1c(NC(=O)C2CCC3=CCCC=C3C2)csc1-c1ccc(Cl)cc1. The molecule has 1 fully saturated rings. The smallest absolute Gasteiger partial charge is 0.339 e. The van der Waals surface area contributed by atoms with Crippen LogP contribution in [-0.4, -0.2) is 17.0 Å². The molecule has 1 aromatic heterocycles. The number of carboxylic acid groups (broad SMARTS) is 1. The molecule has 0 radical (unpaired) electrons. The van der Waals surface area contributed by atoms with E-state index in [0.29, 0.717) is 15.6 Å². The lowest BCUT2D eigenvalue weighted by molar-refractivity contribution is -0.120. The van der Waals surface area contributed by atoms with Gasteiger partial charge in [-0.1, -0.05) is 35.9 Å². The highest BCUT2D eigenvalue weighted by Gasteiger charge is 2.29. The Morgan fingerprint density at radius 3 is 2.54 bits per heavy atom. The number of halogens is 1. The number of anilines is 1. The van der Waals surface area contributed by atoms with Gasteiger partial charge in [-0.2, -0.15) is 0 Å². The molecule has 1 atom stereocenters. The second-order valence-corrected chi connectivity index (χ2v) is 8.45. The molecule has 2 aliphatic rings. The Morgan fingerprint density at radius 1 is 1.11 bits per heavy atom. The maximum Gasteiger partial charge on any atom is 0.339 e. The molecule has 0 aliphatic heterocycles. The van der Waals surface area contributed by atoms with Crippen LogP contribution in [0.2, 0.25) is 5.02 Å². The van der Waals surface area contributed by atoms with Crippen molar-refractivity contribution in [3.8, 4) is 10.4 Å². The second kappa shape index (κ2) is 7.94. The normalized spacial score (nSPS) is 18.7. The lowest BCUT2D eigenvalue weighted by atomic mass is 9.79. The van der Waals surface area contributed by atoms with Crippen molar-refractivity contribution in [1.29, 1.82) is 0 Å². The first-order valence-corrected chi connectivity index (χ1v) is 10.6. The first-order valence-electron chi connectivity index (χ1n) is 9.33. The van der Waals surface area contributed by atoms with E-state index >= 15 is 0 Å². The largest absolute Gasteiger partial charge is 0.478 e. The first kappa shape index (κ1) is 19.0. The molecule has 2 aromatic rings. The Balaban J connectivity index is 1.55. The third-order valence-corrected chi connectivity index (χ3v) is 6.61. The molecule has 1 saturated carbocycles. The zero-order valence-corrected chi connectivity index (χ0v) is 16.8. The number of carboxylic acids is 1. The molecule has 144 valence electrons. The fraction of sp³-hybridized carbons (Fsp3) is 0.273. The molecule has 1 heterocycles. The van der Waals surface area contributed by atoms with Crippen molar-refractivity contribution in [2.75, 3.05) is 5.32 Å². The average Bonchev–Trinajstić information content (AvgIpc) is 3.12. The highest BCUT2D eigenvalue weighted by molar-refractivity contribution is 7.14. The molecule has 4 rings (SSSR count). The predicted octanol–water partition coefficient (Wildman–Crippen LogP) is 6.15. The predicted molar refractivity (Wildman–Crippen MR) is 113 cm³/mol. The number of hydrogen-bond acceptors (Lipinski definition) is 3. The van der Waals surface area contributed by atoms with Gasteiger partial charge in [0.05, 0.1) is 10.6 Å². The minimum absolute atomic E-state index is 0.103. The topological polar surface area (TPSA) is 66.4 Å². The summed E-state index contributed by atoms with van der Waals surface area (Å²) < 4.78 is 0.